The molecule has 0 atom stereocenters. The number of nitrogens with zero attached hydrogens (tertiary/aromatic N) is 2. The Labute approximate surface area is 163 Å². The van der Waals surface area contributed by atoms with Crippen LogP contribution in [0.4, 0.5) is 0 Å². The molecule has 0 aliphatic heterocycles. The first-order valence-electron chi connectivity index (χ1n) is 9.18. The number of rotatable bonds is 6. The lowest BCUT2D eigenvalue weighted by atomic mass is 9.87. The Morgan fingerprint density at radius 1 is 1.07 bits per heavy atom. The number of ether oxygens (including phenoxy) is 2. The van der Waals surface area contributed by atoms with Crippen LogP contribution in [0.25, 0.3) is 10.9 Å². The predicted molar refractivity (Wildman–Crippen MR) is 108 cm³/mol. The highest BCUT2D eigenvalue weighted by Gasteiger charge is 2.13. The zero-order valence-corrected chi connectivity index (χ0v) is 16.3. The smallest absolute Gasteiger partial charge is 0.344 e. The van der Waals surface area contributed by atoms with Crippen LogP contribution in [0.2, 0.25) is 0 Å². The molecule has 3 aromatic rings. The monoisotopic (exact) mass is 380 g/mol. The Bertz CT molecular complexity index is 1020. The highest BCUT2D eigenvalue weighted by Crippen LogP contribution is 2.24. The standard InChI is InChI=1S/C22H24N2O4/c1-22(2,3)16-8-10-17(11-9-16)28-14-20(25)27-13-12-24-15-23-19-7-5-4-6-18(19)21(24)26/h4-11,15H,12-14H2,1-3H3. The van der Waals surface area contributed by atoms with Crippen molar-refractivity contribution in [3.8, 4) is 5.75 Å². The van der Waals surface area contributed by atoms with Crippen LogP contribution in [-0.4, -0.2) is 28.7 Å². The summed E-state index contributed by atoms with van der Waals surface area (Å²) >= 11 is 0. The van der Waals surface area contributed by atoms with Gasteiger partial charge in [0.2, 0.25) is 0 Å². The summed E-state index contributed by atoms with van der Waals surface area (Å²) in [4.78, 5) is 28.5. The lowest BCUT2D eigenvalue weighted by molar-refractivity contribution is -0.146. The second-order valence-electron chi connectivity index (χ2n) is 7.54. The van der Waals surface area contributed by atoms with E-state index in [9.17, 15) is 9.59 Å². The van der Waals surface area contributed by atoms with Gasteiger partial charge in [0.05, 0.1) is 23.8 Å². The van der Waals surface area contributed by atoms with Crippen LogP contribution < -0.4 is 10.3 Å². The van der Waals surface area contributed by atoms with E-state index >= 15 is 0 Å². The molecule has 1 heterocycles. The molecule has 0 radical (unpaired) electrons. The molecule has 0 aliphatic carbocycles. The van der Waals surface area contributed by atoms with Gasteiger partial charge in [-0.15, -0.1) is 0 Å². The fourth-order valence-electron chi connectivity index (χ4n) is 2.76. The van der Waals surface area contributed by atoms with Crippen LogP contribution in [-0.2, 0) is 21.5 Å². The Morgan fingerprint density at radius 2 is 1.79 bits per heavy atom. The van der Waals surface area contributed by atoms with Gasteiger partial charge < -0.3 is 9.47 Å². The quantitative estimate of drug-likeness (QED) is 0.614. The first-order chi connectivity index (χ1) is 13.3. The number of fused-ring (bicyclic) bond motifs is 1. The van der Waals surface area contributed by atoms with E-state index in [0.29, 0.717) is 16.7 Å². The van der Waals surface area contributed by atoms with Crippen molar-refractivity contribution in [2.75, 3.05) is 13.2 Å². The van der Waals surface area contributed by atoms with Crippen LogP contribution in [0.15, 0.2) is 59.7 Å². The maximum Gasteiger partial charge on any atom is 0.344 e. The SMILES string of the molecule is CC(C)(C)c1ccc(OCC(=O)OCCn2cnc3ccccc3c2=O)cc1. The number of benzene rings is 2. The second kappa shape index (κ2) is 8.25. The van der Waals surface area contributed by atoms with Gasteiger partial charge in [-0.25, -0.2) is 9.78 Å². The lowest BCUT2D eigenvalue weighted by Gasteiger charge is -2.19. The zero-order chi connectivity index (χ0) is 20.1. The molecule has 6 nitrogen and oxygen atoms in total. The average molecular weight is 380 g/mol. The molecule has 0 fully saturated rings. The molecule has 146 valence electrons. The fourth-order valence-corrected chi connectivity index (χ4v) is 2.76. The van der Waals surface area contributed by atoms with E-state index in [1.165, 1.54) is 16.5 Å². The number of hydrogen-bond acceptors (Lipinski definition) is 5. The van der Waals surface area contributed by atoms with Gasteiger partial charge in [0.1, 0.15) is 12.4 Å². The Hall–Kier alpha value is -3.15. The summed E-state index contributed by atoms with van der Waals surface area (Å²) in [5.74, 6) is 0.126. The maximum absolute atomic E-state index is 12.4. The molecule has 0 saturated carbocycles. The lowest BCUT2D eigenvalue weighted by Crippen LogP contribution is -2.24. The minimum atomic E-state index is -0.485. The summed E-state index contributed by atoms with van der Waals surface area (Å²) < 4.78 is 12.1. The number of hydrogen-bond donors (Lipinski definition) is 0. The highest BCUT2D eigenvalue weighted by atomic mass is 16.6. The molecule has 0 N–H and O–H groups in total. The van der Waals surface area contributed by atoms with Gasteiger partial charge in [0.25, 0.3) is 5.56 Å². The van der Waals surface area contributed by atoms with Crippen LogP contribution in [0.5, 0.6) is 5.75 Å². The van der Waals surface area contributed by atoms with E-state index in [2.05, 4.69) is 25.8 Å². The van der Waals surface area contributed by atoms with E-state index in [1.807, 2.05) is 30.3 Å². The van der Waals surface area contributed by atoms with E-state index in [1.54, 1.807) is 18.2 Å². The van der Waals surface area contributed by atoms with Gasteiger partial charge in [-0.3, -0.25) is 9.36 Å². The average Bonchev–Trinajstić information content (AvgIpc) is 2.68. The third-order valence-corrected chi connectivity index (χ3v) is 4.40. The molecule has 1 aromatic heterocycles. The molecule has 0 bridgehead atoms. The first kappa shape index (κ1) is 19.6. The van der Waals surface area contributed by atoms with Crippen LogP contribution in [0.3, 0.4) is 0 Å². The maximum atomic E-state index is 12.4. The van der Waals surface area contributed by atoms with Gasteiger partial charge in [-0.2, -0.15) is 0 Å². The number of carbonyl (C=O) groups is 1. The fraction of sp³-hybridized carbons (Fsp3) is 0.318. The minimum absolute atomic E-state index is 0.0627. The molecular formula is C22H24N2O4. The van der Waals surface area contributed by atoms with Crippen molar-refractivity contribution in [2.24, 2.45) is 0 Å². The molecule has 0 unspecified atom stereocenters. The van der Waals surface area contributed by atoms with Crippen LogP contribution in [0.1, 0.15) is 26.3 Å². The van der Waals surface area contributed by atoms with E-state index < -0.39 is 5.97 Å². The summed E-state index contributed by atoms with van der Waals surface area (Å²) in [5, 5.41) is 0.540. The topological polar surface area (TPSA) is 70.4 Å². The van der Waals surface area contributed by atoms with E-state index in [-0.39, 0.29) is 30.7 Å². The van der Waals surface area contributed by atoms with Gasteiger partial charge in [0, 0.05) is 0 Å². The van der Waals surface area contributed by atoms with Crippen molar-refractivity contribution >= 4 is 16.9 Å². The van der Waals surface area contributed by atoms with Gasteiger partial charge in [-0.05, 0) is 35.2 Å². The molecule has 3 rings (SSSR count). The Kier molecular flexibility index (Phi) is 5.78. The normalized spacial score (nSPS) is 11.4. The summed E-state index contributed by atoms with van der Waals surface area (Å²) in [7, 11) is 0. The number of esters is 1. The minimum Gasteiger partial charge on any atom is -0.482 e. The molecule has 0 aliphatic rings. The van der Waals surface area contributed by atoms with Gasteiger partial charge >= 0.3 is 5.97 Å². The Morgan fingerprint density at radius 3 is 2.50 bits per heavy atom. The summed E-state index contributed by atoms with van der Waals surface area (Å²) in [6.45, 7) is 6.54. The summed E-state index contributed by atoms with van der Waals surface area (Å²) in [6, 6.07) is 14.8. The molecule has 2 aromatic carbocycles. The van der Waals surface area contributed by atoms with Crippen molar-refractivity contribution < 1.29 is 14.3 Å². The number of carbonyl (C=O) groups excluding carboxylic acids is 1. The number of para-hydroxylation sites is 1. The van der Waals surface area contributed by atoms with Gasteiger partial charge in [-0.1, -0.05) is 45.0 Å². The van der Waals surface area contributed by atoms with Crippen molar-refractivity contribution in [3.05, 3.63) is 70.8 Å². The predicted octanol–water partition coefficient (Wildman–Crippen LogP) is 3.32. The van der Waals surface area contributed by atoms with Crippen LogP contribution >= 0.6 is 0 Å². The van der Waals surface area contributed by atoms with Gasteiger partial charge in [0.15, 0.2) is 6.61 Å². The zero-order valence-electron chi connectivity index (χ0n) is 16.3. The molecule has 0 amide bonds. The second-order valence-corrected chi connectivity index (χ2v) is 7.54. The van der Waals surface area contributed by atoms with Crippen molar-refractivity contribution in [2.45, 2.75) is 32.7 Å². The molecular weight excluding hydrogens is 356 g/mol. The largest absolute Gasteiger partial charge is 0.482 e. The molecule has 6 heteroatoms. The van der Waals surface area contributed by atoms with E-state index in [4.69, 9.17) is 9.47 Å². The van der Waals surface area contributed by atoms with E-state index in [0.717, 1.165) is 0 Å². The van der Waals surface area contributed by atoms with Crippen molar-refractivity contribution in [3.63, 3.8) is 0 Å². The summed E-state index contributed by atoms with van der Waals surface area (Å²) in [6.07, 6.45) is 1.46. The third kappa shape index (κ3) is 4.76. The highest BCUT2D eigenvalue weighted by molar-refractivity contribution is 5.76. The first-order valence-corrected chi connectivity index (χ1v) is 9.18. The molecule has 0 saturated heterocycles. The third-order valence-electron chi connectivity index (χ3n) is 4.40. The molecule has 28 heavy (non-hydrogen) atoms. The number of aromatic nitrogens is 2. The van der Waals surface area contributed by atoms with Crippen molar-refractivity contribution in [1.82, 2.24) is 9.55 Å². The molecule has 0 spiro atoms. The summed E-state index contributed by atoms with van der Waals surface area (Å²) in [5.41, 5.74) is 1.74. The van der Waals surface area contributed by atoms with Crippen molar-refractivity contribution in [1.29, 1.82) is 0 Å². The van der Waals surface area contributed by atoms with Crippen LogP contribution in [0, 0.1) is 0 Å². The Balaban J connectivity index is 1.49.